The minimum absolute atomic E-state index is 0.0139. The number of benzene rings is 1. The lowest BCUT2D eigenvalue weighted by atomic mass is 10.3. The van der Waals surface area contributed by atoms with E-state index in [1.165, 1.54) is 11.8 Å². The highest BCUT2D eigenvalue weighted by Gasteiger charge is 2.22. The Labute approximate surface area is 98.9 Å². The smallest absolute Gasteiger partial charge is 0.241 e. The number of amides is 1. The van der Waals surface area contributed by atoms with E-state index in [9.17, 15) is 4.79 Å². The number of hydrogen-bond acceptors (Lipinski definition) is 3. The van der Waals surface area contributed by atoms with Gasteiger partial charge in [-0.3, -0.25) is 4.79 Å². The van der Waals surface area contributed by atoms with Gasteiger partial charge in [-0.1, -0.05) is 18.2 Å². The Morgan fingerprint density at radius 1 is 1.44 bits per heavy atom. The van der Waals surface area contributed by atoms with Crippen molar-refractivity contribution in [2.24, 2.45) is 0 Å². The Bertz CT molecular complexity index is 403. The Morgan fingerprint density at radius 2 is 2.19 bits per heavy atom. The number of para-hydroxylation sites is 1. The zero-order valence-corrected chi connectivity index (χ0v) is 9.79. The average Bonchev–Trinajstić information content (AvgIpc) is 2.31. The number of anilines is 1. The number of thioether (sulfide) groups is 1. The fourth-order valence-electron chi connectivity index (χ4n) is 1.34. The summed E-state index contributed by atoms with van der Waals surface area (Å²) in [6, 6.07) is 9.44. The van der Waals surface area contributed by atoms with Crippen LogP contribution in [0.25, 0.3) is 0 Å². The van der Waals surface area contributed by atoms with Gasteiger partial charge < -0.3 is 10.1 Å². The van der Waals surface area contributed by atoms with E-state index in [-0.39, 0.29) is 11.2 Å². The van der Waals surface area contributed by atoms with Gasteiger partial charge in [0.05, 0.1) is 5.76 Å². The van der Waals surface area contributed by atoms with Crippen LogP contribution in [-0.2, 0) is 9.53 Å². The summed E-state index contributed by atoms with van der Waals surface area (Å²) in [6.45, 7) is 2.32. The predicted molar refractivity (Wildman–Crippen MR) is 66.2 cm³/mol. The Balaban J connectivity index is 1.94. The van der Waals surface area contributed by atoms with E-state index >= 15 is 0 Å². The van der Waals surface area contributed by atoms with Gasteiger partial charge >= 0.3 is 0 Å². The molecule has 2 rings (SSSR count). The first kappa shape index (κ1) is 11.1. The van der Waals surface area contributed by atoms with Gasteiger partial charge in [-0.15, -0.1) is 11.8 Å². The largest absolute Gasteiger partial charge is 0.496 e. The van der Waals surface area contributed by atoms with Gasteiger partial charge in [-0.2, -0.15) is 0 Å². The molecule has 0 fully saturated rings. The lowest BCUT2D eigenvalue weighted by Crippen LogP contribution is -2.30. The summed E-state index contributed by atoms with van der Waals surface area (Å²) in [6.07, 6.45) is 0. The molecule has 84 valence electrons. The van der Waals surface area contributed by atoms with Crippen LogP contribution in [0.5, 0.6) is 0 Å². The molecule has 3 nitrogen and oxygen atoms in total. The quantitative estimate of drug-likeness (QED) is 0.856. The van der Waals surface area contributed by atoms with Crippen LogP contribution in [-0.4, -0.2) is 17.8 Å². The van der Waals surface area contributed by atoms with Crippen molar-refractivity contribution in [2.45, 2.75) is 12.2 Å². The van der Waals surface area contributed by atoms with Gasteiger partial charge in [-0.05, 0) is 19.1 Å². The minimum Gasteiger partial charge on any atom is -0.496 e. The van der Waals surface area contributed by atoms with Crippen LogP contribution < -0.4 is 5.32 Å². The molecule has 0 spiro atoms. The van der Waals surface area contributed by atoms with Crippen LogP contribution in [0.1, 0.15) is 6.92 Å². The van der Waals surface area contributed by atoms with Gasteiger partial charge in [-0.25, -0.2) is 0 Å². The predicted octanol–water partition coefficient (Wildman–Crippen LogP) is 2.62. The molecule has 1 amide bonds. The minimum atomic E-state index is -0.163. The standard InChI is InChI=1S/C12H13NO2S/c1-9-8-16-11(7-15-9)12(14)13-10-5-3-2-4-6-10/h2-6,8,11H,7H2,1H3,(H,13,14). The van der Waals surface area contributed by atoms with Gasteiger partial charge in [0, 0.05) is 11.1 Å². The monoisotopic (exact) mass is 235 g/mol. The molecule has 0 radical (unpaired) electrons. The second kappa shape index (κ2) is 5.07. The number of nitrogens with one attached hydrogen (secondary N) is 1. The van der Waals surface area contributed by atoms with Gasteiger partial charge in [0.15, 0.2) is 0 Å². The Hall–Kier alpha value is -1.42. The Kier molecular flexibility index (Phi) is 3.51. The first-order valence-corrected chi connectivity index (χ1v) is 6.01. The number of carbonyl (C=O) groups is 1. The fraction of sp³-hybridized carbons (Fsp3) is 0.250. The zero-order chi connectivity index (χ0) is 11.4. The molecule has 1 aliphatic rings. The van der Waals surface area contributed by atoms with Crippen molar-refractivity contribution < 1.29 is 9.53 Å². The number of carbonyl (C=O) groups excluding carboxylic acids is 1. The maximum Gasteiger partial charge on any atom is 0.241 e. The van der Waals surface area contributed by atoms with Gasteiger partial charge in [0.2, 0.25) is 5.91 Å². The van der Waals surface area contributed by atoms with E-state index in [0.717, 1.165) is 11.4 Å². The third-order valence-corrected chi connectivity index (χ3v) is 3.34. The molecule has 1 N–H and O–H groups in total. The molecule has 0 aliphatic carbocycles. The van der Waals surface area contributed by atoms with Crippen LogP contribution in [0.15, 0.2) is 41.5 Å². The first-order chi connectivity index (χ1) is 7.75. The van der Waals surface area contributed by atoms with Crippen molar-refractivity contribution in [3.63, 3.8) is 0 Å². The SMILES string of the molecule is CC1=CSC(C(=O)Nc2ccccc2)CO1. The molecule has 1 aromatic rings. The topological polar surface area (TPSA) is 38.3 Å². The molecular formula is C12H13NO2S. The third kappa shape index (κ3) is 2.79. The number of allylic oxidation sites excluding steroid dienone is 1. The summed E-state index contributed by atoms with van der Waals surface area (Å²) < 4.78 is 5.33. The molecule has 1 heterocycles. The highest BCUT2D eigenvalue weighted by Crippen LogP contribution is 2.23. The van der Waals surface area contributed by atoms with Crippen molar-refractivity contribution in [3.05, 3.63) is 41.5 Å². The van der Waals surface area contributed by atoms with Crippen molar-refractivity contribution >= 4 is 23.4 Å². The third-order valence-electron chi connectivity index (χ3n) is 2.19. The summed E-state index contributed by atoms with van der Waals surface area (Å²) in [4.78, 5) is 11.8. The average molecular weight is 235 g/mol. The van der Waals surface area contributed by atoms with Crippen LogP contribution in [0.2, 0.25) is 0 Å². The normalized spacial score (nSPS) is 19.6. The van der Waals surface area contributed by atoms with E-state index in [0.29, 0.717) is 6.61 Å². The fourth-order valence-corrected chi connectivity index (χ4v) is 2.09. The van der Waals surface area contributed by atoms with E-state index in [4.69, 9.17) is 4.74 Å². The number of ether oxygens (including phenoxy) is 1. The van der Waals surface area contributed by atoms with E-state index < -0.39 is 0 Å². The maximum atomic E-state index is 11.8. The van der Waals surface area contributed by atoms with Crippen molar-refractivity contribution in [1.29, 1.82) is 0 Å². The molecule has 1 unspecified atom stereocenters. The molecule has 16 heavy (non-hydrogen) atoms. The summed E-state index contributed by atoms with van der Waals surface area (Å²) in [5, 5.41) is 4.57. The molecule has 0 saturated heterocycles. The van der Waals surface area contributed by atoms with Crippen LogP contribution in [0.4, 0.5) is 5.69 Å². The molecular weight excluding hydrogens is 222 g/mol. The number of rotatable bonds is 2. The highest BCUT2D eigenvalue weighted by molar-refractivity contribution is 8.03. The Morgan fingerprint density at radius 3 is 2.81 bits per heavy atom. The van der Waals surface area contributed by atoms with E-state index in [1.807, 2.05) is 42.7 Å². The first-order valence-electron chi connectivity index (χ1n) is 5.06. The highest BCUT2D eigenvalue weighted by atomic mass is 32.2. The lowest BCUT2D eigenvalue weighted by molar-refractivity contribution is -0.116. The molecule has 1 aliphatic heterocycles. The summed E-state index contributed by atoms with van der Waals surface area (Å²) in [5.74, 6) is 0.855. The number of hydrogen-bond donors (Lipinski definition) is 1. The molecule has 0 aromatic heterocycles. The summed E-state index contributed by atoms with van der Waals surface area (Å²) >= 11 is 1.50. The summed E-state index contributed by atoms with van der Waals surface area (Å²) in [5.41, 5.74) is 0.819. The zero-order valence-electron chi connectivity index (χ0n) is 8.97. The van der Waals surface area contributed by atoms with Gasteiger partial charge in [0.25, 0.3) is 0 Å². The van der Waals surface area contributed by atoms with E-state index in [2.05, 4.69) is 5.32 Å². The van der Waals surface area contributed by atoms with E-state index in [1.54, 1.807) is 0 Å². The molecule has 1 aromatic carbocycles. The molecule has 1 atom stereocenters. The lowest BCUT2D eigenvalue weighted by Gasteiger charge is -2.20. The van der Waals surface area contributed by atoms with Crippen LogP contribution >= 0.6 is 11.8 Å². The van der Waals surface area contributed by atoms with Crippen molar-refractivity contribution in [2.75, 3.05) is 11.9 Å². The molecule has 4 heteroatoms. The van der Waals surface area contributed by atoms with Gasteiger partial charge in [0.1, 0.15) is 11.9 Å². The summed E-state index contributed by atoms with van der Waals surface area (Å²) in [7, 11) is 0. The molecule has 0 bridgehead atoms. The van der Waals surface area contributed by atoms with Crippen LogP contribution in [0.3, 0.4) is 0 Å². The second-order valence-corrected chi connectivity index (χ2v) is 4.60. The maximum absolute atomic E-state index is 11.8. The molecule has 0 saturated carbocycles. The van der Waals surface area contributed by atoms with Crippen LogP contribution in [0, 0.1) is 0 Å². The van der Waals surface area contributed by atoms with Crippen molar-refractivity contribution in [1.82, 2.24) is 0 Å². The van der Waals surface area contributed by atoms with Crippen molar-refractivity contribution in [3.8, 4) is 0 Å². The second-order valence-electron chi connectivity index (χ2n) is 3.52.